The third-order valence-corrected chi connectivity index (χ3v) is 5.06. The summed E-state index contributed by atoms with van der Waals surface area (Å²) in [6.07, 6.45) is 4.77. The zero-order valence-corrected chi connectivity index (χ0v) is 13.0. The Morgan fingerprint density at radius 2 is 1.90 bits per heavy atom. The SMILES string of the molecule is CCCC(C)S(=O)(=O)NC(=O)CC(C)c1ccncc1. The number of nitrogens with one attached hydrogen (secondary N) is 1. The van der Waals surface area contributed by atoms with Gasteiger partial charge in [0.25, 0.3) is 0 Å². The fourth-order valence-electron chi connectivity index (χ4n) is 1.95. The van der Waals surface area contributed by atoms with Crippen LogP contribution in [0, 0.1) is 0 Å². The van der Waals surface area contributed by atoms with Gasteiger partial charge in [0.15, 0.2) is 0 Å². The molecule has 1 aromatic heterocycles. The van der Waals surface area contributed by atoms with Gasteiger partial charge in [-0.25, -0.2) is 8.42 Å². The molecule has 1 heterocycles. The second-order valence-corrected chi connectivity index (χ2v) is 7.15. The largest absolute Gasteiger partial charge is 0.274 e. The van der Waals surface area contributed by atoms with E-state index in [1.54, 1.807) is 19.3 Å². The third kappa shape index (κ3) is 4.92. The summed E-state index contributed by atoms with van der Waals surface area (Å²) < 4.78 is 26.0. The van der Waals surface area contributed by atoms with Gasteiger partial charge in [0.1, 0.15) is 0 Å². The molecule has 112 valence electrons. The number of hydrogen-bond acceptors (Lipinski definition) is 4. The molecular formula is C14H22N2O3S. The maximum absolute atomic E-state index is 11.9. The molecule has 0 aliphatic carbocycles. The fraction of sp³-hybridized carbons (Fsp3) is 0.571. The highest BCUT2D eigenvalue weighted by molar-refractivity contribution is 7.90. The maximum atomic E-state index is 11.9. The number of carbonyl (C=O) groups is 1. The Balaban J connectivity index is 2.60. The Hall–Kier alpha value is -1.43. The number of rotatable bonds is 7. The predicted molar refractivity (Wildman–Crippen MR) is 78.7 cm³/mol. The van der Waals surface area contributed by atoms with Crippen molar-refractivity contribution in [3.8, 4) is 0 Å². The lowest BCUT2D eigenvalue weighted by molar-refractivity contribution is -0.119. The molecule has 0 saturated carbocycles. The number of sulfonamides is 1. The minimum Gasteiger partial charge on any atom is -0.274 e. The lowest BCUT2D eigenvalue weighted by atomic mass is 9.99. The van der Waals surface area contributed by atoms with E-state index in [0.29, 0.717) is 6.42 Å². The third-order valence-electron chi connectivity index (χ3n) is 3.25. The molecule has 1 amide bonds. The Labute approximate surface area is 120 Å². The Bertz CT molecular complexity index is 529. The van der Waals surface area contributed by atoms with Crippen LogP contribution < -0.4 is 4.72 Å². The molecule has 2 unspecified atom stereocenters. The smallest absolute Gasteiger partial charge is 0.237 e. The van der Waals surface area contributed by atoms with Gasteiger partial charge < -0.3 is 0 Å². The van der Waals surface area contributed by atoms with Crippen LogP contribution in [0.1, 0.15) is 51.5 Å². The molecule has 1 N–H and O–H groups in total. The molecule has 0 bridgehead atoms. The molecule has 0 fully saturated rings. The molecule has 0 aliphatic heterocycles. The number of nitrogens with zero attached hydrogens (tertiary/aromatic N) is 1. The average Bonchev–Trinajstić information content (AvgIpc) is 2.39. The minimum absolute atomic E-state index is 0.0466. The molecule has 0 saturated heterocycles. The summed E-state index contributed by atoms with van der Waals surface area (Å²) >= 11 is 0. The zero-order valence-electron chi connectivity index (χ0n) is 12.2. The van der Waals surface area contributed by atoms with Gasteiger partial charge in [-0.1, -0.05) is 20.3 Å². The first-order valence-electron chi connectivity index (χ1n) is 6.81. The molecule has 20 heavy (non-hydrogen) atoms. The van der Waals surface area contributed by atoms with Crippen LogP contribution in [-0.2, 0) is 14.8 Å². The van der Waals surface area contributed by atoms with E-state index in [4.69, 9.17) is 0 Å². The summed E-state index contributed by atoms with van der Waals surface area (Å²) in [5, 5.41) is -0.548. The highest BCUT2D eigenvalue weighted by Gasteiger charge is 2.23. The molecule has 0 aliphatic rings. The van der Waals surface area contributed by atoms with Crippen molar-refractivity contribution in [1.82, 2.24) is 9.71 Å². The molecule has 0 aromatic carbocycles. The average molecular weight is 298 g/mol. The van der Waals surface area contributed by atoms with Gasteiger partial charge in [-0.2, -0.15) is 0 Å². The van der Waals surface area contributed by atoms with Crippen LogP contribution >= 0.6 is 0 Å². The fourth-order valence-corrected chi connectivity index (χ4v) is 3.10. The van der Waals surface area contributed by atoms with Gasteiger partial charge in [-0.3, -0.25) is 14.5 Å². The van der Waals surface area contributed by atoms with Crippen LogP contribution in [0.5, 0.6) is 0 Å². The van der Waals surface area contributed by atoms with Gasteiger partial charge in [-0.15, -0.1) is 0 Å². The highest BCUT2D eigenvalue weighted by Crippen LogP contribution is 2.18. The van der Waals surface area contributed by atoms with Crippen LogP contribution in [0.25, 0.3) is 0 Å². The zero-order chi connectivity index (χ0) is 15.2. The number of pyridine rings is 1. The number of amides is 1. The van der Waals surface area contributed by atoms with E-state index in [0.717, 1.165) is 12.0 Å². The molecule has 1 rings (SSSR count). The van der Waals surface area contributed by atoms with E-state index in [9.17, 15) is 13.2 Å². The van der Waals surface area contributed by atoms with E-state index in [1.807, 2.05) is 26.0 Å². The second kappa shape index (κ2) is 7.38. The summed E-state index contributed by atoms with van der Waals surface area (Å²) in [5.41, 5.74) is 0.967. The first kappa shape index (κ1) is 16.6. The summed E-state index contributed by atoms with van der Waals surface area (Å²) in [5.74, 6) is -0.507. The Kier molecular flexibility index (Phi) is 6.13. The number of carbonyl (C=O) groups excluding carboxylic acids is 1. The van der Waals surface area contributed by atoms with E-state index in [1.165, 1.54) is 0 Å². The lowest BCUT2D eigenvalue weighted by Gasteiger charge is -2.15. The predicted octanol–water partition coefficient (Wildman–Crippen LogP) is 2.21. The van der Waals surface area contributed by atoms with Gasteiger partial charge in [-0.05, 0) is 37.0 Å². The first-order chi connectivity index (χ1) is 9.36. The maximum Gasteiger partial charge on any atom is 0.237 e. The molecule has 0 spiro atoms. The van der Waals surface area contributed by atoms with Crippen molar-refractivity contribution >= 4 is 15.9 Å². The highest BCUT2D eigenvalue weighted by atomic mass is 32.2. The Morgan fingerprint density at radius 3 is 2.45 bits per heavy atom. The molecule has 0 radical (unpaired) electrons. The molecule has 2 atom stereocenters. The van der Waals surface area contributed by atoms with Gasteiger partial charge in [0.05, 0.1) is 5.25 Å². The summed E-state index contributed by atoms with van der Waals surface area (Å²) in [6.45, 7) is 5.42. The van der Waals surface area contributed by atoms with Gasteiger partial charge in [0, 0.05) is 18.8 Å². The normalized spacial score (nSPS) is 14.6. The Morgan fingerprint density at radius 1 is 1.30 bits per heavy atom. The summed E-state index contributed by atoms with van der Waals surface area (Å²) in [4.78, 5) is 15.8. The molecule has 6 heteroatoms. The van der Waals surface area contributed by atoms with Crippen LogP contribution in [0.2, 0.25) is 0 Å². The summed E-state index contributed by atoms with van der Waals surface area (Å²) in [6, 6.07) is 3.65. The molecule has 5 nitrogen and oxygen atoms in total. The van der Waals surface area contributed by atoms with Crippen molar-refractivity contribution in [2.45, 2.75) is 51.2 Å². The molecule has 1 aromatic rings. The van der Waals surface area contributed by atoms with Crippen molar-refractivity contribution in [2.24, 2.45) is 0 Å². The van der Waals surface area contributed by atoms with E-state index < -0.39 is 21.2 Å². The number of hydrogen-bond donors (Lipinski definition) is 1. The van der Waals surface area contributed by atoms with Gasteiger partial charge >= 0.3 is 0 Å². The van der Waals surface area contributed by atoms with E-state index in [-0.39, 0.29) is 12.3 Å². The van der Waals surface area contributed by atoms with Gasteiger partial charge in [0.2, 0.25) is 15.9 Å². The second-order valence-electron chi connectivity index (χ2n) is 5.06. The minimum atomic E-state index is -3.56. The van der Waals surface area contributed by atoms with Crippen molar-refractivity contribution in [3.05, 3.63) is 30.1 Å². The summed E-state index contributed by atoms with van der Waals surface area (Å²) in [7, 11) is -3.56. The first-order valence-corrected chi connectivity index (χ1v) is 8.35. The van der Waals surface area contributed by atoms with Crippen LogP contribution in [0.3, 0.4) is 0 Å². The van der Waals surface area contributed by atoms with Crippen LogP contribution in [0.15, 0.2) is 24.5 Å². The van der Waals surface area contributed by atoms with E-state index >= 15 is 0 Å². The number of aromatic nitrogens is 1. The molecular weight excluding hydrogens is 276 g/mol. The quantitative estimate of drug-likeness (QED) is 0.837. The van der Waals surface area contributed by atoms with Crippen LogP contribution in [-0.4, -0.2) is 24.6 Å². The topological polar surface area (TPSA) is 76.1 Å². The van der Waals surface area contributed by atoms with Crippen molar-refractivity contribution < 1.29 is 13.2 Å². The monoisotopic (exact) mass is 298 g/mol. The lowest BCUT2D eigenvalue weighted by Crippen LogP contribution is -2.37. The van der Waals surface area contributed by atoms with E-state index in [2.05, 4.69) is 9.71 Å². The van der Waals surface area contributed by atoms with Crippen molar-refractivity contribution in [3.63, 3.8) is 0 Å². The van der Waals surface area contributed by atoms with Crippen molar-refractivity contribution in [2.75, 3.05) is 0 Å². The standard InChI is InChI=1S/C14H22N2O3S/c1-4-5-12(3)20(18,19)16-14(17)10-11(2)13-6-8-15-9-7-13/h6-9,11-12H,4-5,10H2,1-3H3,(H,16,17). The van der Waals surface area contributed by atoms with Crippen LogP contribution in [0.4, 0.5) is 0 Å². The van der Waals surface area contributed by atoms with Crippen molar-refractivity contribution in [1.29, 1.82) is 0 Å².